The van der Waals surface area contributed by atoms with Gasteiger partial charge in [-0.3, -0.25) is 10.1 Å². The molecule has 3 heterocycles. The van der Waals surface area contributed by atoms with E-state index in [0.29, 0.717) is 32.1 Å². The van der Waals surface area contributed by atoms with Crippen LogP contribution in [0.1, 0.15) is 12.8 Å². The van der Waals surface area contributed by atoms with Gasteiger partial charge in [-0.15, -0.1) is 0 Å². The molecule has 0 spiro atoms. The lowest BCUT2D eigenvalue weighted by atomic mass is 9.98. The monoisotopic (exact) mass is 467 g/mol. The van der Waals surface area contributed by atoms with Crippen molar-refractivity contribution in [2.45, 2.75) is 18.9 Å². The second-order valence-electron chi connectivity index (χ2n) is 8.85. The summed E-state index contributed by atoms with van der Waals surface area (Å²) in [5.41, 5.74) is 4.16. The summed E-state index contributed by atoms with van der Waals surface area (Å²) >= 11 is 0. The minimum absolute atomic E-state index is 0.0456. The lowest BCUT2D eigenvalue weighted by Gasteiger charge is -2.39. The Kier molecular flexibility index (Phi) is 6.96. The van der Waals surface area contributed by atoms with Gasteiger partial charge in [0.2, 0.25) is 5.71 Å². The first kappa shape index (κ1) is 22.7. The number of benzene rings is 1. The molecule has 4 aliphatic rings. The fraction of sp³-hybridized carbons (Fsp3) is 0.542. The van der Waals surface area contributed by atoms with Crippen LogP contribution in [0.15, 0.2) is 58.0 Å². The molecule has 1 aromatic carbocycles. The van der Waals surface area contributed by atoms with Gasteiger partial charge in [-0.2, -0.15) is 10.2 Å². The zero-order chi connectivity index (χ0) is 23.3. The van der Waals surface area contributed by atoms with Crippen LogP contribution < -0.4 is 0 Å². The number of nitro benzene ring substituents is 1. The van der Waals surface area contributed by atoms with Crippen molar-refractivity contribution in [3.8, 4) is 0 Å². The van der Waals surface area contributed by atoms with E-state index in [9.17, 15) is 10.1 Å². The SMILES string of the molecule is O=[N+]([O-])c1ccc(N=NC2C(N3CCOCC3)=CC(=[N+]3CCCC3)C=C2N2CCOCC2)cc1. The third kappa shape index (κ3) is 5.02. The summed E-state index contributed by atoms with van der Waals surface area (Å²) in [6.07, 6.45) is 6.99. The van der Waals surface area contributed by atoms with E-state index in [1.165, 1.54) is 30.7 Å². The molecule has 1 aliphatic carbocycles. The van der Waals surface area contributed by atoms with Crippen LogP contribution >= 0.6 is 0 Å². The minimum Gasteiger partial charge on any atom is -0.378 e. The molecule has 3 fully saturated rings. The zero-order valence-corrected chi connectivity index (χ0v) is 19.3. The summed E-state index contributed by atoms with van der Waals surface area (Å²) < 4.78 is 13.7. The zero-order valence-electron chi connectivity index (χ0n) is 19.3. The molecule has 5 rings (SSSR count). The Morgan fingerprint density at radius 1 is 0.882 bits per heavy atom. The van der Waals surface area contributed by atoms with E-state index in [4.69, 9.17) is 14.6 Å². The molecule has 1 aromatic rings. The van der Waals surface area contributed by atoms with Crippen LogP contribution in [0.3, 0.4) is 0 Å². The number of hydrogen-bond donors (Lipinski definition) is 0. The Labute approximate surface area is 199 Å². The van der Waals surface area contributed by atoms with Crippen molar-refractivity contribution in [1.82, 2.24) is 9.80 Å². The van der Waals surface area contributed by atoms with Crippen LogP contribution in [0.5, 0.6) is 0 Å². The van der Waals surface area contributed by atoms with Gasteiger partial charge in [0.1, 0.15) is 13.1 Å². The minimum atomic E-state index is -0.406. The molecule has 0 bridgehead atoms. The second-order valence-corrected chi connectivity index (χ2v) is 8.85. The van der Waals surface area contributed by atoms with Gasteiger partial charge in [-0.05, 0) is 12.1 Å². The second kappa shape index (κ2) is 10.4. The summed E-state index contributed by atoms with van der Waals surface area (Å²) in [7, 11) is 0. The molecule has 0 unspecified atom stereocenters. The molecule has 3 saturated heterocycles. The summed E-state index contributed by atoms with van der Waals surface area (Å²) in [4.78, 5) is 15.3. The van der Waals surface area contributed by atoms with Gasteiger partial charge in [0.05, 0.1) is 48.4 Å². The van der Waals surface area contributed by atoms with Crippen molar-refractivity contribution in [3.05, 3.63) is 57.9 Å². The number of azo groups is 1. The largest absolute Gasteiger partial charge is 0.378 e. The quantitative estimate of drug-likeness (QED) is 0.286. The van der Waals surface area contributed by atoms with Crippen LogP contribution in [-0.4, -0.2) is 96.7 Å². The number of non-ortho nitro benzene ring substituents is 1. The average Bonchev–Trinajstić information content (AvgIpc) is 3.43. The summed E-state index contributed by atoms with van der Waals surface area (Å²) in [6.45, 7) is 8.20. The molecule has 10 heteroatoms. The maximum Gasteiger partial charge on any atom is 0.269 e. The van der Waals surface area contributed by atoms with Gasteiger partial charge >= 0.3 is 0 Å². The van der Waals surface area contributed by atoms with Crippen LogP contribution in [0.25, 0.3) is 0 Å². The molecule has 0 radical (unpaired) electrons. The lowest BCUT2D eigenvalue weighted by molar-refractivity contribution is -0.504. The third-order valence-corrected chi connectivity index (χ3v) is 6.72. The topological polar surface area (TPSA) is 95.8 Å². The summed E-state index contributed by atoms with van der Waals surface area (Å²) in [6, 6.07) is 5.96. The highest BCUT2D eigenvalue weighted by atomic mass is 16.6. The Balaban J connectivity index is 1.52. The van der Waals surface area contributed by atoms with Gasteiger partial charge in [0, 0.05) is 63.3 Å². The van der Waals surface area contributed by atoms with Crippen molar-refractivity contribution in [1.29, 1.82) is 0 Å². The average molecular weight is 468 g/mol. The predicted molar refractivity (Wildman–Crippen MR) is 127 cm³/mol. The fourth-order valence-electron chi connectivity index (χ4n) is 4.87. The first-order valence-electron chi connectivity index (χ1n) is 12.0. The van der Waals surface area contributed by atoms with Crippen molar-refractivity contribution >= 4 is 17.1 Å². The van der Waals surface area contributed by atoms with Gasteiger partial charge < -0.3 is 19.3 Å². The van der Waals surface area contributed by atoms with Crippen LogP contribution in [0, 0.1) is 10.1 Å². The van der Waals surface area contributed by atoms with Crippen molar-refractivity contribution in [3.63, 3.8) is 0 Å². The van der Waals surface area contributed by atoms with E-state index in [-0.39, 0.29) is 11.7 Å². The number of nitrogens with zero attached hydrogens (tertiary/aromatic N) is 6. The molecular formula is C24H31N6O4+. The normalized spacial score (nSPS) is 23.9. The number of allylic oxidation sites excluding steroid dienone is 2. The van der Waals surface area contributed by atoms with Crippen LogP contribution in [0.2, 0.25) is 0 Å². The Morgan fingerprint density at radius 2 is 1.41 bits per heavy atom. The van der Waals surface area contributed by atoms with E-state index in [0.717, 1.165) is 50.7 Å². The fourth-order valence-corrected chi connectivity index (χ4v) is 4.87. The number of morpholine rings is 2. The highest BCUT2D eigenvalue weighted by Gasteiger charge is 2.35. The Morgan fingerprint density at radius 3 is 1.91 bits per heavy atom. The number of nitro groups is 1. The molecule has 10 nitrogen and oxygen atoms in total. The molecule has 3 aliphatic heterocycles. The number of ether oxygens (including phenoxy) is 2. The summed E-state index contributed by atoms with van der Waals surface area (Å²) in [5.74, 6) is 0. The molecule has 180 valence electrons. The van der Waals surface area contributed by atoms with E-state index in [2.05, 4.69) is 31.6 Å². The smallest absolute Gasteiger partial charge is 0.269 e. The van der Waals surface area contributed by atoms with Crippen LogP contribution in [0.4, 0.5) is 11.4 Å². The maximum atomic E-state index is 11.0. The van der Waals surface area contributed by atoms with Crippen molar-refractivity contribution < 1.29 is 19.0 Å². The van der Waals surface area contributed by atoms with E-state index < -0.39 is 4.92 Å². The molecule has 0 saturated carbocycles. The van der Waals surface area contributed by atoms with E-state index in [1.54, 1.807) is 12.1 Å². The van der Waals surface area contributed by atoms with Crippen molar-refractivity contribution in [2.75, 3.05) is 65.7 Å². The Bertz CT molecular complexity index is 974. The first-order valence-corrected chi connectivity index (χ1v) is 12.0. The lowest BCUT2D eigenvalue weighted by Crippen LogP contribution is -2.46. The van der Waals surface area contributed by atoms with Crippen LogP contribution in [-0.2, 0) is 9.47 Å². The highest BCUT2D eigenvalue weighted by molar-refractivity contribution is 6.02. The van der Waals surface area contributed by atoms with Gasteiger partial charge in [0.15, 0.2) is 6.04 Å². The molecule has 0 aromatic heterocycles. The van der Waals surface area contributed by atoms with Crippen molar-refractivity contribution in [2.24, 2.45) is 10.2 Å². The molecule has 0 atom stereocenters. The van der Waals surface area contributed by atoms with E-state index in [1.807, 2.05) is 0 Å². The molecule has 0 N–H and O–H groups in total. The number of hydrogen-bond acceptors (Lipinski definition) is 8. The highest BCUT2D eigenvalue weighted by Crippen LogP contribution is 2.30. The molecular weight excluding hydrogens is 436 g/mol. The standard InChI is InChI=1S/C24H31N6O4/c31-30(32)20-5-3-19(4-6-20)25-26-24-22(28-9-13-33-14-10-28)17-21(27-7-1-2-8-27)18-23(24)29-11-15-34-16-12-29/h3-6,17-18,24H,1-2,7-16H2/q+1. The maximum absolute atomic E-state index is 11.0. The first-order chi connectivity index (χ1) is 16.7. The third-order valence-electron chi connectivity index (χ3n) is 6.72. The Hall–Kier alpha value is -3.11. The van der Waals surface area contributed by atoms with E-state index >= 15 is 0 Å². The number of rotatable bonds is 5. The van der Waals surface area contributed by atoms with Gasteiger partial charge in [-0.25, -0.2) is 4.58 Å². The molecule has 0 amide bonds. The summed E-state index contributed by atoms with van der Waals surface area (Å²) in [5, 5.41) is 20.3. The molecule has 34 heavy (non-hydrogen) atoms. The van der Waals surface area contributed by atoms with Gasteiger partial charge in [0.25, 0.3) is 5.69 Å². The predicted octanol–water partition coefficient (Wildman–Crippen LogP) is 2.74. The van der Waals surface area contributed by atoms with Gasteiger partial charge in [-0.1, -0.05) is 0 Å².